The highest BCUT2D eigenvalue weighted by Gasteiger charge is 2.45. The van der Waals surface area contributed by atoms with Crippen LogP contribution in [0.4, 0.5) is 0 Å². The molecule has 32 heavy (non-hydrogen) atoms. The fraction of sp³-hybridized carbons (Fsp3) is 0.385. The number of rotatable bonds is 8. The molecular formula is C26H32N2O4. The molecule has 6 nitrogen and oxygen atoms in total. The van der Waals surface area contributed by atoms with Gasteiger partial charge in [-0.05, 0) is 56.8 Å². The molecule has 2 aromatic rings. The Labute approximate surface area is 190 Å². The number of Topliss-reactive ketones (excluding diaryl/α,β-unsaturated/α-hetero) is 1. The fourth-order valence-electron chi connectivity index (χ4n) is 3.64. The first-order valence-corrected chi connectivity index (χ1v) is 10.9. The molecule has 2 aromatic carbocycles. The quantitative estimate of drug-likeness (QED) is 0.385. The van der Waals surface area contributed by atoms with Crippen LogP contribution in [0.3, 0.4) is 0 Å². The molecule has 1 N–H and O–H groups in total. The van der Waals surface area contributed by atoms with Crippen LogP contribution in [0.2, 0.25) is 0 Å². The molecule has 0 spiro atoms. The van der Waals surface area contributed by atoms with Crippen LogP contribution in [0.25, 0.3) is 5.76 Å². The lowest BCUT2D eigenvalue weighted by atomic mass is 9.94. The summed E-state index contributed by atoms with van der Waals surface area (Å²) in [7, 11) is 3.83. The minimum Gasteiger partial charge on any atom is -0.507 e. The van der Waals surface area contributed by atoms with Crippen molar-refractivity contribution in [3.63, 3.8) is 0 Å². The topological polar surface area (TPSA) is 70.1 Å². The van der Waals surface area contributed by atoms with Crippen molar-refractivity contribution in [2.24, 2.45) is 5.92 Å². The molecule has 1 atom stereocenters. The highest BCUT2D eigenvalue weighted by Crippen LogP contribution is 2.39. The number of likely N-dealkylation sites (tertiary alicyclic amines) is 1. The van der Waals surface area contributed by atoms with E-state index < -0.39 is 17.7 Å². The van der Waals surface area contributed by atoms with E-state index >= 15 is 0 Å². The summed E-state index contributed by atoms with van der Waals surface area (Å²) in [5.41, 5.74) is 2.47. The Balaban J connectivity index is 2.02. The molecule has 1 aliphatic heterocycles. The molecule has 1 amide bonds. The highest BCUT2D eigenvalue weighted by molar-refractivity contribution is 6.46. The molecule has 1 aliphatic rings. The van der Waals surface area contributed by atoms with Gasteiger partial charge in [-0.15, -0.1) is 0 Å². The minimum absolute atomic E-state index is 0.119. The predicted octanol–water partition coefficient (Wildman–Crippen LogP) is 4.01. The van der Waals surface area contributed by atoms with Gasteiger partial charge in [0.2, 0.25) is 0 Å². The van der Waals surface area contributed by atoms with Gasteiger partial charge in [0.25, 0.3) is 11.7 Å². The number of benzene rings is 2. The predicted molar refractivity (Wildman–Crippen MR) is 126 cm³/mol. The number of ketones is 1. The van der Waals surface area contributed by atoms with Crippen molar-refractivity contribution < 1.29 is 19.4 Å². The summed E-state index contributed by atoms with van der Waals surface area (Å²) in [5.74, 6) is -0.327. The van der Waals surface area contributed by atoms with Crippen LogP contribution >= 0.6 is 0 Å². The number of likely N-dealkylation sites (N-methyl/N-ethyl adjacent to an activating group) is 1. The molecule has 6 heteroatoms. The SMILES string of the molecule is Cc1ccc(C2/C(=C(/O)c3ccc(OCC(C)C)cc3)C(=O)C(=O)N2CCN(C)C)cc1. The Morgan fingerprint density at radius 2 is 1.69 bits per heavy atom. The van der Waals surface area contributed by atoms with Gasteiger partial charge in [0.15, 0.2) is 0 Å². The summed E-state index contributed by atoms with van der Waals surface area (Å²) in [6.45, 7) is 7.71. The van der Waals surface area contributed by atoms with Crippen molar-refractivity contribution in [3.05, 3.63) is 70.8 Å². The van der Waals surface area contributed by atoms with Crippen molar-refractivity contribution in [3.8, 4) is 5.75 Å². The van der Waals surface area contributed by atoms with Crippen LogP contribution < -0.4 is 4.74 Å². The largest absolute Gasteiger partial charge is 0.507 e. The first-order chi connectivity index (χ1) is 15.2. The smallest absolute Gasteiger partial charge is 0.295 e. The molecule has 0 saturated carbocycles. The summed E-state index contributed by atoms with van der Waals surface area (Å²) in [4.78, 5) is 29.4. The Morgan fingerprint density at radius 1 is 1.06 bits per heavy atom. The number of ether oxygens (including phenoxy) is 1. The van der Waals surface area contributed by atoms with E-state index in [1.165, 1.54) is 0 Å². The van der Waals surface area contributed by atoms with Gasteiger partial charge in [0.1, 0.15) is 11.5 Å². The molecule has 1 saturated heterocycles. The van der Waals surface area contributed by atoms with Gasteiger partial charge < -0.3 is 19.6 Å². The maximum atomic E-state index is 13.0. The van der Waals surface area contributed by atoms with Gasteiger partial charge in [-0.3, -0.25) is 9.59 Å². The monoisotopic (exact) mass is 436 g/mol. The van der Waals surface area contributed by atoms with Crippen molar-refractivity contribution in [1.29, 1.82) is 0 Å². The second-order valence-electron chi connectivity index (χ2n) is 8.94. The minimum atomic E-state index is -0.660. The fourth-order valence-corrected chi connectivity index (χ4v) is 3.64. The van der Waals surface area contributed by atoms with Gasteiger partial charge in [0, 0.05) is 18.7 Å². The number of carbonyl (C=O) groups is 2. The lowest BCUT2D eigenvalue weighted by molar-refractivity contribution is -0.140. The van der Waals surface area contributed by atoms with Crippen molar-refractivity contribution in [1.82, 2.24) is 9.80 Å². The summed E-state index contributed by atoms with van der Waals surface area (Å²) in [6.07, 6.45) is 0. The number of amides is 1. The Morgan fingerprint density at radius 3 is 2.25 bits per heavy atom. The van der Waals surface area contributed by atoms with Gasteiger partial charge in [-0.25, -0.2) is 0 Å². The number of hydrogen-bond donors (Lipinski definition) is 1. The molecular weight excluding hydrogens is 404 g/mol. The third-order valence-electron chi connectivity index (χ3n) is 5.43. The van der Waals surface area contributed by atoms with E-state index in [0.717, 1.165) is 11.1 Å². The van der Waals surface area contributed by atoms with E-state index in [0.29, 0.717) is 36.9 Å². The average Bonchev–Trinajstić information content (AvgIpc) is 3.01. The standard InChI is InChI=1S/C26H32N2O4/c1-17(2)16-32-21-12-10-20(11-13-21)24(29)22-23(19-8-6-18(3)7-9-19)28(15-14-27(4)5)26(31)25(22)30/h6-13,17,23,29H,14-16H2,1-5H3/b24-22-. The van der Waals surface area contributed by atoms with Crippen LogP contribution in [0.5, 0.6) is 5.75 Å². The molecule has 3 rings (SSSR count). The Bertz CT molecular complexity index is 991. The summed E-state index contributed by atoms with van der Waals surface area (Å²) in [6, 6.07) is 14.0. The normalized spacial score (nSPS) is 18.1. The second-order valence-corrected chi connectivity index (χ2v) is 8.94. The van der Waals surface area contributed by atoms with Crippen LogP contribution in [0.15, 0.2) is 54.1 Å². The van der Waals surface area contributed by atoms with Gasteiger partial charge in [-0.2, -0.15) is 0 Å². The number of nitrogens with zero attached hydrogens (tertiary/aromatic N) is 2. The molecule has 0 aromatic heterocycles. The molecule has 0 bridgehead atoms. The zero-order valence-electron chi connectivity index (χ0n) is 19.5. The van der Waals surface area contributed by atoms with Crippen LogP contribution in [0.1, 0.15) is 36.6 Å². The third kappa shape index (κ3) is 5.19. The van der Waals surface area contributed by atoms with Gasteiger partial charge in [-0.1, -0.05) is 43.7 Å². The van der Waals surface area contributed by atoms with E-state index in [-0.39, 0.29) is 11.3 Å². The van der Waals surface area contributed by atoms with Crippen LogP contribution in [-0.4, -0.2) is 60.4 Å². The Kier molecular flexibility index (Phi) is 7.36. The zero-order chi connectivity index (χ0) is 23.4. The maximum Gasteiger partial charge on any atom is 0.295 e. The van der Waals surface area contributed by atoms with E-state index in [1.54, 1.807) is 29.2 Å². The first-order valence-electron chi connectivity index (χ1n) is 10.9. The van der Waals surface area contributed by atoms with Crippen molar-refractivity contribution in [2.45, 2.75) is 26.8 Å². The average molecular weight is 437 g/mol. The summed E-state index contributed by atoms with van der Waals surface area (Å²) >= 11 is 0. The second kappa shape index (κ2) is 10.0. The van der Waals surface area contributed by atoms with Crippen molar-refractivity contribution >= 4 is 17.4 Å². The maximum absolute atomic E-state index is 13.0. The van der Waals surface area contributed by atoms with Crippen LogP contribution in [-0.2, 0) is 9.59 Å². The van der Waals surface area contributed by atoms with E-state index in [4.69, 9.17) is 4.74 Å². The lowest BCUT2D eigenvalue weighted by Gasteiger charge is -2.26. The number of aliphatic hydroxyl groups excluding tert-OH is 1. The lowest BCUT2D eigenvalue weighted by Crippen LogP contribution is -2.35. The number of carbonyl (C=O) groups excluding carboxylic acids is 2. The molecule has 170 valence electrons. The van der Waals surface area contributed by atoms with Gasteiger partial charge in [0.05, 0.1) is 18.2 Å². The molecule has 1 heterocycles. The highest BCUT2D eigenvalue weighted by atomic mass is 16.5. The molecule has 1 fully saturated rings. The van der Waals surface area contributed by atoms with Crippen molar-refractivity contribution in [2.75, 3.05) is 33.8 Å². The third-order valence-corrected chi connectivity index (χ3v) is 5.43. The molecule has 1 unspecified atom stereocenters. The number of aliphatic hydroxyl groups is 1. The van der Waals surface area contributed by atoms with E-state index in [1.807, 2.05) is 50.2 Å². The number of aryl methyl sites for hydroxylation is 1. The van der Waals surface area contributed by atoms with E-state index in [2.05, 4.69) is 13.8 Å². The Hall–Kier alpha value is -3.12. The summed E-state index contributed by atoms with van der Waals surface area (Å²) < 4.78 is 5.71. The molecule has 0 aliphatic carbocycles. The summed E-state index contributed by atoms with van der Waals surface area (Å²) in [5, 5.41) is 11.1. The van der Waals surface area contributed by atoms with Gasteiger partial charge >= 0.3 is 0 Å². The first kappa shape index (κ1) is 23.5. The van der Waals surface area contributed by atoms with Crippen LogP contribution in [0, 0.1) is 12.8 Å². The number of hydrogen-bond acceptors (Lipinski definition) is 5. The molecule has 0 radical (unpaired) electrons. The van der Waals surface area contributed by atoms with E-state index in [9.17, 15) is 14.7 Å². The zero-order valence-corrected chi connectivity index (χ0v) is 19.5.